The van der Waals surface area contributed by atoms with E-state index in [0.29, 0.717) is 18.8 Å². The average Bonchev–Trinajstić information content (AvgIpc) is 2.76. The lowest BCUT2D eigenvalue weighted by Crippen LogP contribution is -2.45. The van der Waals surface area contributed by atoms with E-state index in [2.05, 4.69) is 5.32 Å². The molecule has 0 aliphatic carbocycles. The van der Waals surface area contributed by atoms with Crippen LogP contribution in [0.25, 0.3) is 0 Å². The van der Waals surface area contributed by atoms with Crippen LogP contribution in [-0.2, 0) is 10.2 Å². The second-order valence-corrected chi connectivity index (χ2v) is 6.95. The number of benzene rings is 1. The first-order chi connectivity index (χ1) is 9.59. The highest BCUT2D eigenvalue weighted by molar-refractivity contribution is 7.90. The number of halogens is 1. The Morgan fingerprint density at radius 2 is 1.75 bits per heavy atom. The van der Waals surface area contributed by atoms with Crippen LogP contribution in [0.2, 0.25) is 0 Å². The lowest BCUT2D eigenvalue weighted by molar-refractivity contribution is 0.280. The van der Waals surface area contributed by atoms with Gasteiger partial charge < -0.3 is 5.32 Å². The molecule has 1 N–H and O–H groups in total. The summed E-state index contributed by atoms with van der Waals surface area (Å²) in [5.74, 6) is -0.361. The first kappa shape index (κ1) is 13.8. The van der Waals surface area contributed by atoms with Crippen molar-refractivity contribution in [1.82, 2.24) is 9.62 Å². The summed E-state index contributed by atoms with van der Waals surface area (Å²) in [6, 6.07) is 5.68. The highest BCUT2D eigenvalue weighted by Crippen LogP contribution is 2.28. The zero-order chi connectivity index (χ0) is 14.2. The van der Waals surface area contributed by atoms with Crippen molar-refractivity contribution < 1.29 is 12.8 Å². The summed E-state index contributed by atoms with van der Waals surface area (Å²) in [4.78, 5) is 0. The third-order valence-electron chi connectivity index (χ3n) is 3.93. The highest BCUT2D eigenvalue weighted by atomic mass is 32.2. The maximum atomic E-state index is 12.9. The Labute approximate surface area is 118 Å². The predicted octanol–water partition coefficient (Wildman–Crippen LogP) is 0.944. The molecule has 0 bridgehead atoms. The molecule has 2 aliphatic rings. The number of nitrogens with zero attached hydrogens (tertiary/aromatic N) is 2. The molecule has 0 amide bonds. The van der Waals surface area contributed by atoms with Gasteiger partial charge in [0.2, 0.25) is 0 Å². The van der Waals surface area contributed by atoms with Gasteiger partial charge >= 0.3 is 10.2 Å². The summed E-state index contributed by atoms with van der Waals surface area (Å²) in [6.45, 7) is 2.64. The Hall–Kier alpha value is -1.18. The molecular weight excluding hydrogens is 281 g/mol. The Morgan fingerprint density at radius 1 is 1.10 bits per heavy atom. The normalized spacial score (nSPS) is 24.1. The van der Waals surface area contributed by atoms with E-state index in [1.165, 1.54) is 28.6 Å². The van der Waals surface area contributed by atoms with Crippen molar-refractivity contribution in [3.63, 3.8) is 0 Å². The maximum Gasteiger partial charge on any atom is 0.304 e. The molecule has 0 atom stereocenters. The Morgan fingerprint density at radius 3 is 2.40 bits per heavy atom. The van der Waals surface area contributed by atoms with E-state index in [1.807, 2.05) is 0 Å². The summed E-state index contributed by atoms with van der Waals surface area (Å²) < 4.78 is 41.1. The first-order valence-electron chi connectivity index (χ1n) is 6.85. The van der Waals surface area contributed by atoms with Crippen molar-refractivity contribution in [1.29, 1.82) is 0 Å². The van der Waals surface area contributed by atoms with Gasteiger partial charge in [-0.3, -0.25) is 4.31 Å². The number of hydrogen-bond acceptors (Lipinski definition) is 3. The third kappa shape index (κ3) is 2.41. The molecule has 1 aromatic rings. The van der Waals surface area contributed by atoms with Crippen molar-refractivity contribution in [3.8, 4) is 0 Å². The van der Waals surface area contributed by atoms with Gasteiger partial charge in [-0.05, 0) is 50.2 Å². The molecule has 3 rings (SSSR count). The van der Waals surface area contributed by atoms with Crippen molar-refractivity contribution in [2.75, 3.05) is 30.5 Å². The minimum atomic E-state index is -3.48. The van der Waals surface area contributed by atoms with E-state index in [9.17, 15) is 12.8 Å². The van der Waals surface area contributed by atoms with Crippen LogP contribution in [-0.4, -0.2) is 44.9 Å². The summed E-state index contributed by atoms with van der Waals surface area (Å²) >= 11 is 0. The van der Waals surface area contributed by atoms with Crippen LogP contribution in [0.15, 0.2) is 24.3 Å². The standard InChI is InChI=1S/C13H18FN3O2S/c14-11-1-3-12(4-2-11)16-9-10-17(20(16,18)19)13-5-7-15-8-6-13/h1-4,13,15H,5-10H2. The monoisotopic (exact) mass is 299 g/mol. The van der Waals surface area contributed by atoms with Gasteiger partial charge in [0, 0.05) is 19.1 Å². The van der Waals surface area contributed by atoms with Crippen LogP contribution in [0.1, 0.15) is 12.8 Å². The van der Waals surface area contributed by atoms with Crippen molar-refractivity contribution in [2.24, 2.45) is 0 Å². The van der Waals surface area contributed by atoms with Gasteiger partial charge in [0.05, 0.1) is 5.69 Å². The molecule has 2 aliphatic heterocycles. The molecule has 7 heteroatoms. The molecule has 0 spiro atoms. The number of rotatable bonds is 2. The smallest absolute Gasteiger partial charge is 0.304 e. The van der Waals surface area contributed by atoms with Crippen molar-refractivity contribution >= 4 is 15.9 Å². The summed E-state index contributed by atoms with van der Waals surface area (Å²) in [5, 5.41) is 3.24. The molecule has 2 fully saturated rings. The minimum absolute atomic E-state index is 0.0756. The van der Waals surface area contributed by atoms with Crippen molar-refractivity contribution in [2.45, 2.75) is 18.9 Å². The predicted molar refractivity (Wildman–Crippen MR) is 75.3 cm³/mol. The van der Waals surface area contributed by atoms with Gasteiger partial charge in [0.1, 0.15) is 5.82 Å². The Bertz CT molecular complexity index is 570. The van der Waals surface area contributed by atoms with E-state index < -0.39 is 10.2 Å². The highest BCUT2D eigenvalue weighted by Gasteiger charge is 2.41. The number of anilines is 1. The molecule has 110 valence electrons. The summed E-state index contributed by atoms with van der Waals surface area (Å²) in [7, 11) is -3.48. The van der Waals surface area contributed by atoms with Crippen LogP contribution < -0.4 is 9.62 Å². The largest absolute Gasteiger partial charge is 0.317 e. The first-order valence-corrected chi connectivity index (χ1v) is 8.24. The fourth-order valence-corrected chi connectivity index (χ4v) is 4.74. The molecule has 2 heterocycles. The van der Waals surface area contributed by atoms with Crippen LogP contribution in [0.3, 0.4) is 0 Å². The van der Waals surface area contributed by atoms with Crippen LogP contribution in [0, 0.1) is 5.82 Å². The average molecular weight is 299 g/mol. The maximum absolute atomic E-state index is 12.9. The number of nitrogens with one attached hydrogen (secondary N) is 1. The molecular formula is C13H18FN3O2S. The van der Waals surface area contributed by atoms with E-state index in [4.69, 9.17) is 0 Å². The van der Waals surface area contributed by atoms with E-state index in [1.54, 1.807) is 4.31 Å². The Kier molecular flexibility index (Phi) is 3.66. The molecule has 0 aromatic heterocycles. The third-order valence-corrected chi connectivity index (χ3v) is 5.95. The van der Waals surface area contributed by atoms with E-state index in [0.717, 1.165) is 25.9 Å². The van der Waals surface area contributed by atoms with Gasteiger partial charge in [-0.2, -0.15) is 12.7 Å². The quantitative estimate of drug-likeness (QED) is 0.884. The van der Waals surface area contributed by atoms with Gasteiger partial charge in [-0.15, -0.1) is 0 Å². The fourth-order valence-electron chi connectivity index (χ4n) is 2.88. The molecule has 0 saturated carbocycles. The lowest BCUT2D eigenvalue weighted by Gasteiger charge is -2.30. The zero-order valence-electron chi connectivity index (χ0n) is 11.1. The minimum Gasteiger partial charge on any atom is -0.317 e. The van der Waals surface area contributed by atoms with E-state index >= 15 is 0 Å². The molecule has 0 unspecified atom stereocenters. The van der Waals surface area contributed by atoms with Gasteiger partial charge in [-0.1, -0.05) is 0 Å². The summed E-state index contributed by atoms with van der Waals surface area (Å²) in [5.41, 5.74) is 0.530. The van der Waals surface area contributed by atoms with Gasteiger partial charge in [0.15, 0.2) is 0 Å². The number of piperidine rings is 1. The summed E-state index contributed by atoms with van der Waals surface area (Å²) in [6.07, 6.45) is 1.69. The lowest BCUT2D eigenvalue weighted by atomic mass is 10.1. The van der Waals surface area contributed by atoms with Gasteiger partial charge in [-0.25, -0.2) is 4.39 Å². The topological polar surface area (TPSA) is 52.7 Å². The van der Waals surface area contributed by atoms with Gasteiger partial charge in [0.25, 0.3) is 0 Å². The molecule has 20 heavy (non-hydrogen) atoms. The van der Waals surface area contributed by atoms with E-state index in [-0.39, 0.29) is 11.9 Å². The second kappa shape index (κ2) is 5.31. The molecule has 2 saturated heterocycles. The molecule has 5 nitrogen and oxygen atoms in total. The van der Waals surface area contributed by atoms with Crippen LogP contribution in [0.4, 0.5) is 10.1 Å². The zero-order valence-corrected chi connectivity index (χ0v) is 11.9. The SMILES string of the molecule is O=S1(=O)N(c2ccc(F)cc2)CCN1C1CCNCC1. The number of hydrogen-bond donors (Lipinski definition) is 1. The second-order valence-electron chi connectivity index (χ2n) is 5.15. The van der Waals surface area contributed by atoms with Crippen LogP contribution >= 0.6 is 0 Å². The van der Waals surface area contributed by atoms with Crippen molar-refractivity contribution in [3.05, 3.63) is 30.1 Å². The Balaban J connectivity index is 1.83. The fraction of sp³-hybridized carbons (Fsp3) is 0.538. The molecule has 0 radical (unpaired) electrons. The van der Waals surface area contributed by atoms with Crippen LogP contribution in [0.5, 0.6) is 0 Å². The molecule has 1 aromatic carbocycles.